The van der Waals surface area contributed by atoms with Gasteiger partial charge in [0.05, 0.1) is 24.8 Å². The minimum atomic E-state index is -4.23. The second-order valence-corrected chi connectivity index (χ2v) is 11.6. The average Bonchev–Trinajstić information content (AvgIpc) is 3.02. The maximum atomic E-state index is 14.1. The van der Waals surface area contributed by atoms with E-state index in [-0.39, 0.29) is 23.0 Å². The highest BCUT2D eigenvalue weighted by atomic mass is 32.2. The van der Waals surface area contributed by atoms with Gasteiger partial charge in [-0.05, 0) is 61.2 Å². The van der Waals surface area contributed by atoms with Gasteiger partial charge in [-0.15, -0.1) is 0 Å². The number of unbranched alkanes of at least 4 members (excludes halogenated alkanes) is 1. The van der Waals surface area contributed by atoms with E-state index in [0.717, 1.165) is 22.7 Å². The van der Waals surface area contributed by atoms with Gasteiger partial charge in [0.25, 0.3) is 10.0 Å². The van der Waals surface area contributed by atoms with E-state index in [1.54, 1.807) is 36.4 Å². The van der Waals surface area contributed by atoms with Gasteiger partial charge >= 0.3 is 0 Å². The van der Waals surface area contributed by atoms with Gasteiger partial charge in [0, 0.05) is 13.1 Å². The van der Waals surface area contributed by atoms with E-state index in [0.29, 0.717) is 30.9 Å². The van der Waals surface area contributed by atoms with Crippen molar-refractivity contribution in [2.75, 3.05) is 38.2 Å². The topological polar surface area (TPSA) is 105 Å². The lowest BCUT2D eigenvalue weighted by atomic mass is 10.1. The van der Waals surface area contributed by atoms with Gasteiger partial charge < -0.3 is 19.7 Å². The zero-order chi connectivity index (χ0) is 30.5. The van der Waals surface area contributed by atoms with Crippen LogP contribution >= 0.6 is 0 Å². The van der Waals surface area contributed by atoms with Crippen molar-refractivity contribution < 1.29 is 27.5 Å². The van der Waals surface area contributed by atoms with Crippen LogP contribution in [0, 0.1) is 0 Å². The Morgan fingerprint density at radius 2 is 1.55 bits per heavy atom. The predicted molar refractivity (Wildman–Crippen MR) is 164 cm³/mol. The van der Waals surface area contributed by atoms with Gasteiger partial charge in [-0.1, -0.05) is 62.7 Å². The minimum Gasteiger partial charge on any atom is -0.497 e. The number of carbonyl (C=O) groups excluding carboxylic acids is 2. The molecule has 1 unspecified atom stereocenters. The van der Waals surface area contributed by atoms with Gasteiger partial charge in [-0.25, -0.2) is 8.42 Å². The van der Waals surface area contributed by atoms with Crippen molar-refractivity contribution in [3.8, 4) is 11.5 Å². The number of nitrogens with one attached hydrogen (secondary N) is 1. The highest BCUT2D eigenvalue weighted by molar-refractivity contribution is 7.92. The third-order valence-electron chi connectivity index (χ3n) is 6.98. The Morgan fingerprint density at radius 3 is 2.17 bits per heavy atom. The fourth-order valence-electron chi connectivity index (χ4n) is 4.63. The zero-order valence-corrected chi connectivity index (χ0v) is 25.6. The molecular formula is C32H41N3O6S. The van der Waals surface area contributed by atoms with Crippen molar-refractivity contribution >= 4 is 27.5 Å². The SMILES string of the molecule is CCCCNC(=O)C(CC)N(CCc1ccccc1)C(=O)CN(c1ccccc1OC)S(=O)(=O)c1ccc(OC)cc1. The summed E-state index contributed by atoms with van der Waals surface area (Å²) < 4.78 is 39.9. The molecule has 10 heteroatoms. The highest BCUT2D eigenvalue weighted by Gasteiger charge is 2.34. The number of sulfonamides is 1. The smallest absolute Gasteiger partial charge is 0.264 e. The Kier molecular flexibility index (Phi) is 12.2. The average molecular weight is 596 g/mol. The van der Waals surface area contributed by atoms with Crippen LogP contribution in [-0.2, 0) is 26.0 Å². The number of rotatable bonds is 16. The predicted octanol–water partition coefficient (Wildman–Crippen LogP) is 4.67. The first-order valence-corrected chi connectivity index (χ1v) is 15.6. The van der Waals surface area contributed by atoms with Crippen LogP contribution < -0.4 is 19.1 Å². The number of benzene rings is 3. The van der Waals surface area contributed by atoms with Crippen molar-refractivity contribution in [1.82, 2.24) is 10.2 Å². The summed E-state index contributed by atoms with van der Waals surface area (Å²) in [5.41, 5.74) is 1.22. The largest absolute Gasteiger partial charge is 0.497 e. The monoisotopic (exact) mass is 595 g/mol. The van der Waals surface area contributed by atoms with Crippen molar-refractivity contribution in [3.05, 3.63) is 84.4 Å². The summed E-state index contributed by atoms with van der Waals surface area (Å²) in [5, 5.41) is 2.94. The fourth-order valence-corrected chi connectivity index (χ4v) is 6.05. The van der Waals surface area contributed by atoms with Gasteiger partial charge in [-0.2, -0.15) is 0 Å². The van der Waals surface area contributed by atoms with E-state index < -0.39 is 28.5 Å². The molecular weight excluding hydrogens is 554 g/mol. The number of nitrogens with zero attached hydrogens (tertiary/aromatic N) is 2. The normalized spacial score (nSPS) is 11.8. The molecule has 0 aliphatic heterocycles. The quantitative estimate of drug-likeness (QED) is 0.242. The van der Waals surface area contributed by atoms with Crippen LogP contribution in [0.25, 0.3) is 0 Å². The molecule has 0 saturated heterocycles. The minimum absolute atomic E-state index is 0.0119. The Hall–Kier alpha value is -4.05. The fraction of sp³-hybridized carbons (Fsp3) is 0.375. The number of methoxy groups -OCH3 is 2. The summed E-state index contributed by atoms with van der Waals surface area (Å²) in [4.78, 5) is 28.9. The van der Waals surface area contributed by atoms with E-state index in [1.807, 2.05) is 44.2 Å². The lowest BCUT2D eigenvalue weighted by Crippen LogP contribution is -2.53. The molecule has 0 saturated carbocycles. The summed E-state index contributed by atoms with van der Waals surface area (Å²) in [6.07, 6.45) is 2.62. The third-order valence-corrected chi connectivity index (χ3v) is 8.75. The molecule has 0 heterocycles. The van der Waals surface area contributed by atoms with Gasteiger partial charge in [0.2, 0.25) is 11.8 Å². The molecule has 3 aromatic carbocycles. The van der Waals surface area contributed by atoms with Crippen LogP contribution in [0.5, 0.6) is 11.5 Å². The lowest BCUT2D eigenvalue weighted by molar-refractivity contribution is -0.139. The van der Waals surface area contributed by atoms with Crippen molar-refractivity contribution in [1.29, 1.82) is 0 Å². The molecule has 2 amide bonds. The molecule has 3 rings (SSSR count). The van der Waals surface area contributed by atoms with E-state index in [1.165, 1.54) is 31.3 Å². The summed E-state index contributed by atoms with van der Waals surface area (Å²) in [5.74, 6) is 0.0454. The Morgan fingerprint density at radius 1 is 0.881 bits per heavy atom. The van der Waals surface area contributed by atoms with Crippen LogP contribution in [0.15, 0.2) is 83.8 Å². The summed E-state index contributed by atoms with van der Waals surface area (Å²) in [6.45, 7) is 4.10. The number of amides is 2. The molecule has 1 atom stereocenters. The maximum absolute atomic E-state index is 14.1. The lowest BCUT2D eigenvalue weighted by Gasteiger charge is -2.33. The second kappa shape index (κ2) is 15.8. The third kappa shape index (κ3) is 8.25. The number of anilines is 1. The zero-order valence-electron chi connectivity index (χ0n) is 24.8. The molecule has 42 heavy (non-hydrogen) atoms. The van der Waals surface area contributed by atoms with Crippen LogP contribution in [-0.4, -0.2) is 65.0 Å². The first-order chi connectivity index (χ1) is 20.3. The van der Waals surface area contributed by atoms with Gasteiger partial charge in [0.1, 0.15) is 24.1 Å². The molecule has 0 aliphatic carbocycles. The standard InChI is InChI=1S/C32H41N3O6S/c1-5-7-22-33-32(37)28(6-2)34(23-21-25-13-9-8-10-14-25)31(36)24-35(29-15-11-12-16-30(29)41-4)42(38,39)27-19-17-26(40-3)18-20-27/h8-20,28H,5-7,21-24H2,1-4H3,(H,33,37). The first kappa shape index (κ1) is 32.5. The molecule has 0 fully saturated rings. The van der Waals surface area contributed by atoms with Crippen LogP contribution in [0.1, 0.15) is 38.7 Å². The molecule has 0 aliphatic rings. The number of hydrogen-bond donors (Lipinski definition) is 1. The number of carbonyl (C=O) groups is 2. The first-order valence-electron chi connectivity index (χ1n) is 14.2. The summed E-state index contributed by atoms with van der Waals surface area (Å²) >= 11 is 0. The molecule has 3 aromatic rings. The van der Waals surface area contributed by atoms with Crippen molar-refractivity contribution in [2.24, 2.45) is 0 Å². The molecule has 0 spiro atoms. The van der Waals surface area contributed by atoms with E-state index >= 15 is 0 Å². The number of para-hydroxylation sites is 2. The number of hydrogen-bond acceptors (Lipinski definition) is 6. The summed E-state index contributed by atoms with van der Waals surface area (Å²) in [7, 11) is -1.29. The van der Waals surface area contributed by atoms with Gasteiger partial charge in [0.15, 0.2) is 0 Å². The van der Waals surface area contributed by atoms with Crippen LogP contribution in [0.2, 0.25) is 0 Å². The molecule has 226 valence electrons. The molecule has 0 radical (unpaired) electrons. The van der Waals surface area contributed by atoms with E-state index in [4.69, 9.17) is 9.47 Å². The Labute approximate surface area is 249 Å². The molecule has 9 nitrogen and oxygen atoms in total. The van der Waals surface area contributed by atoms with Crippen molar-refractivity contribution in [3.63, 3.8) is 0 Å². The Bertz CT molecular complexity index is 1400. The molecule has 1 N–H and O–H groups in total. The van der Waals surface area contributed by atoms with Crippen LogP contribution in [0.3, 0.4) is 0 Å². The maximum Gasteiger partial charge on any atom is 0.264 e. The van der Waals surface area contributed by atoms with Crippen molar-refractivity contribution in [2.45, 2.75) is 50.5 Å². The molecule has 0 bridgehead atoms. The Balaban J connectivity index is 2.02. The second-order valence-electron chi connectivity index (χ2n) is 9.75. The highest BCUT2D eigenvalue weighted by Crippen LogP contribution is 2.33. The van der Waals surface area contributed by atoms with Gasteiger partial charge in [-0.3, -0.25) is 13.9 Å². The number of ether oxygens (including phenoxy) is 2. The van der Waals surface area contributed by atoms with E-state index in [2.05, 4.69) is 5.32 Å². The molecule has 0 aromatic heterocycles. The summed E-state index contributed by atoms with van der Waals surface area (Å²) in [6, 6.07) is 21.5. The van der Waals surface area contributed by atoms with E-state index in [9.17, 15) is 18.0 Å². The van der Waals surface area contributed by atoms with Crippen LogP contribution in [0.4, 0.5) is 5.69 Å².